The molecule has 2 amide bonds. The average molecular weight is 258 g/mol. The van der Waals surface area contributed by atoms with Crippen molar-refractivity contribution in [3.05, 3.63) is 0 Å². The fraction of sp³-hybridized carbons (Fsp3) is 0.833. The molecule has 6 nitrogen and oxygen atoms in total. The van der Waals surface area contributed by atoms with Crippen molar-refractivity contribution in [2.24, 2.45) is 5.92 Å². The maximum absolute atomic E-state index is 11.8. The van der Waals surface area contributed by atoms with Gasteiger partial charge in [0, 0.05) is 46.7 Å². The van der Waals surface area contributed by atoms with Crippen LogP contribution in [0.5, 0.6) is 0 Å². The number of hydrogen-bond donors (Lipinski definition) is 2. The van der Waals surface area contributed by atoms with Gasteiger partial charge in [-0.2, -0.15) is 0 Å². The van der Waals surface area contributed by atoms with E-state index in [1.54, 1.807) is 26.0 Å². The van der Waals surface area contributed by atoms with Crippen LogP contribution < -0.4 is 5.32 Å². The van der Waals surface area contributed by atoms with Gasteiger partial charge >= 0.3 is 0 Å². The quantitative estimate of drug-likeness (QED) is 0.665. The highest BCUT2D eigenvalue weighted by molar-refractivity contribution is 5.89. The Bertz CT molecular complexity index is 317. The molecule has 0 radical (unpaired) electrons. The second kappa shape index (κ2) is 6.15. The van der Waals surface area contributed by atoms with Crippen LogP contribution in [0.15, 0.2) is 0 Å². The summed E-state index contributed by atoms with van der Waals surface area (Å²) in [6, 6.07) is 0. The third-order valence-corrected chi connectivity index (χ3v) is 3.20. The zero-order valence-corrected chi connectivity index (χ0v) is 11.2. The largest absolute Gasteiger partial charge is 0.388 e. The first kappa shape index (κ1) is 14.9. The summed E-state index contributed by atoms with van der Waals surface area (Å²) >= 11 is 0. The van der Waals surface area contributed by atoms with E-state index in [1.165, 1.54) is 0 Å². The number of carbonyl (C=O) groups excluding carboxylic acids is 2. The van der Waals surface area contributed by atoms with E-state index in [0.29, 0.717) is 19.6 Å². The summed E-state index contributed by atoms with van der Waals surface area (Å²) in [4.78, 5) is 24.7. The van der Waals surface area contributed by atoms with E-state index in [4.69, 9.17) is 4.74 Å². The van der Waals surface area contributed by atoms with Crippen molar-refractivity contribution in [1.29, 1.82) is 0 Å². The summed E-state index contributed by atoms with van der Waals surface area (Å²) < 4.78 is 4.89. The van der Waals surface area contributed by atoms with Gasteiger partial charge in [-0.15, -0.1) is 0 Å². The van der Waals surface area contributed by atoms with Gasteiger partial charge < -0.3 is 20.1 Å². The van der Waals surface area contributed by atoms with Crippen LogP contribution in [-0.4, -0.2) is 61.3 Å². The molecule has 0 aliphatic carbocycles. The molecule has 1 heterocycles. The predicted octanol–water partition coefficient (Wildman–Crippen LogP) is -0.632. The molecule has 6 heteroatoms. The molecule has 0 saturated carbocycles. The van der Waals surface area contributed by atoms with E-state index < -0.39 is 5.60 Å². The van der Waals surface area contributed by atoms with Crippen molar-refractivity contribution in [1.82, 2.24) is 10.2 Å². The lowest BCUT2D eigenvalue weighted by Gasteiger charge is -2.24. The first-order chi connectivity index (χ1) is 8.35. The summed E-state index contributed by atoms with van der Waals surface area (Å²) in [5.74, 6) is -0.493. The first-order valence-corrected chi connectivity index (χ1v) is 6.09. The third-order valence-electron chi connectivity index (χ3n) is 3.20. The SMILES string of the molecule is COCCC(C)(O)CNC(=O)C1CC(=O)N(C)C1. The lowest BCUT2D eigenvalue weighted by Crippen LogP contribution is -2.43. The molecule has 0 bridgehead atoms. The van der Waals surface area contributed by atoms with Crippen molar-refractivity contribution in [2.45, 2.75) is 25.4 Å². The number of carbonyl (C=O) groups is 2. The highest BCUT2D eigenvalue weighted by Crippen LogP contribution is 2.16. The van der Waals surface area contributed by atoms with Crippen molar-refractivity contribution >= 4 is 11.8 Å². The summed E-state index contributed by atoms with van der Waals surface area (Å²) in [5.41, 5.74) is -0.986. The highest BCUT2D eigenvalue weighted by Gasteiger charge is 2.32. The second-order valence-electron chi connectivity index (χ2n) is 5.13. The number of ether oxygens (including phenoxy) is 1. The number of methoxy groups -OCH3 is 1. The minimum Gasteiger partial charge on any atom is -0.388 e. The van der Waals surface area contributed by atoms with Crippen LogP contribution in [0.2, 0.25) is 0 Å². The monoisotopic (exact) mass is 258 g/mol. The number of amides is 2. The second-order valence-corrected chi connectivity index (χ2v) is 5.13. The molecule has 1 rings (SSSR count). The molecule has 0 aromatic rings. The maximum atomic E-state index is 11.8. The zero-order chi connectivity index (χ0) is 13.8. The van der Waals surface area contributed by atoms with Crippen molar-refractivity contribution in [2.75, 3.05) is 33.9 Å². The molecule has 0 aromatic carbocycles. The fourth-order valence-corrected chi connectivity index (χ4v) is 1.87. The summed E-state index contributed by atoms with van der Waals surface area (Å²) in [7, 11) is 3.25. The molecular formula is C12H22N2O4. The van der Waals surface area contributed by atoms with Gasteiger partial charge in [0.05, 0.1) is 11.5 Å². The molecule has 2 N–H and O–H groups in total. The standard InChI is InChI=1S/C12H22N2O4/c1-12(17,4-5-18-3)8-13-11(16)9-6-10(15)14(2)7-9/h9,17H,4-8H2,1-3H3,(H,13,16). The number of nitrogens with one attached hydrogen (secondary N) is 1. The molecule has 1 saturated heterocycles. The van der Waals surface area contributed by atoms with Gasteiger partial charge in [0.25, 0.3) is 0 Å². The van der Waals surface area contributed by atoms with Gasteiger partial charge in [-0.3, -0.25) is 9.59 Å². The molecule has 1 aliphatic heterocycles. The van der Waals surface area contributed by atoms with E-state index in [1.807, 2.05) is 0 Å². The molecule has 104 valence electrons. The number of hydrogen-bond acceptors (Lipinski definition) is 4. The molecule has 1 fully saturated rings. The Morgan fingerprint density at radius 1 is 1.67 bits per heavy atom. The van der Waals surface area contributed by atoms with E-state index in [0.717, 1.165) is 0 Å². The van der Waals surface area contributed by atoms with E-state index in [9.17, 15) is 14.7 Å². The molecular weight excluding hydrogens is 236 g/mol. The fourth-order valence-electron chi connectivity index (χ4n) is 1.87. The summed E-state index contributed by atoms with van der Waals surface area (Å²) in [6.45, 7) is 2.71. The molecule has 2 atom stereocenters. The Morgan fingerprint density at radius 3 is 2.83 bits per heavy atom. The predicted molar refractivity (Wildman–Crippen MR) is 65.9 cm³/mol. The third kappa shape index (κ3) is 4.27. The van der Waals surface area contributed by atoms with E-state index >= 15 is 0 Å². The molecule has 18 heavy (non-hydrogen) atoms. The van der Waals surface area contributed by atoms with Gasteiger partial charge in [-0.1, -0.05) is 0 Å². The van der Waals surface area contributed by atoms with Crippen LogP contribution in [0.1, 0.15) is 19.8 Å². The number of rotatable bonds is 6. The van der Waals surface area contributed by atoms with Gasteiger partial charge in [0.2, 0.25) is 11.8 Å². The van der Waals surface area contributed by atoms with Crippen LogP contribution >= 0.6 is 0 Å². The number of aliphatic hydroxyl groups is 1. The van der Waals surface area contributed by atoms with Crippen molar-refractivity contribution in [3.8, 4) is 0 Å². The van der Waals surface area contributed by atoms with Crippen LogP contribution in [0, 0.1) is 5.92 Å². The Hall–Kier alpha value is -1.14. The topological polar surface area (TPSA) is 78.9 Å². The van der Waals surface area contributed by atoms with Gasteiger partial charge in [-0.05, 0) is 6.92 Å². The van der Waals surface area contributed by atoms with Gasteiger partial charge in [0.1, 0.15) is 0 Å². The average Bonchev–Trinajstić information content (AvgIpc) is 2.64. The van der Waals surface area contributed by atoms with E-state index in [2.05, 4.69) is 5.32 Å². The number of nitrogens with zero attached hydrogens (tertiary/aromatic N) is 1. The Morgan fingerprint density at radius 2 is 2.33 bits per heavy atom. The minimum atomic E-state index is -0.986. The van der Waals surface area contributed by atoms with Crippen LogP contribution in [0.3, 0.4) is 0 Å². The first-order valence-electron chi connectivity index (χ1n) is 6.09. The summed E-state index contributed by atoms with van der Waals surface area (Å²) in [6.07, 6.45) is 0.704. The minimum absolute atomic E-state index is 0.0127. The Kier molecular flexibility index (Phi) is 5.10. The Balaban J connectivity index is 2.35. The molecule has 2 unspecified atom stereocenters. The molecule has 0 aromatic heterocycles. The van der Waals surface area contributed by atoms with Crippen molar-refractivity contribution < 1.29 is 19.4 Å². The summed E-state index contributed by atoms with van der Waals surface area (Å²) in [5, 5.41) is 12.7. The van der Waals surface area contributed by atoms with Crippen LogP contribution in [0.4, 0.5) is 0 Å². The maximum Gasteiger partial charge on any atom is 0.225 e. The van der Waals surface area contributed by atoms with Gasteiger partial charge in [-0.25, -0.2) is 0 Å². The van der Waals surface area contributed by atoms with Crippen molar-refractivity contribution in [3.63, 3.8) is 0 Å². The van der Waals surface area contributed by atoms with Crippen LogP contribution in [-0.2, 0) is 14.3 Å². The Labute approximate surface area is 107 Å². The molecule has 1 aliphatic rings. The normalized spacial score (nSPS) is 23.0. The number of likely N-dealkylation sites (tertiary alicyclic amines) is 1. The zero-order valence-electron chi connectivity index (χ0n) is 11.2. The van der Waals surface area contributed by atoms with Gasteiger partial charge in [0.15, 0.2) is 0 Å². The highest BCUT2D eigenvalue weighted by atomic mass is 16.5. The lowest BCUT2D eigenvalue weighted by molar-refractivity contribution is -0.128. The smallest absolute Gasteiger partial charge is 0.225 e. The van der Waals surface area contributed by atoms with E-state index in [-0.39, 0.29) is 30.7 Å². The molecule has 0 spiro atoms. The van der Waals surface area contributed by atoms with Crippen LogP contribution in [0.25, 0.3) is 0 Å². The lowest BCUT2D eigenvalue weighted by atomic mass is 10.0.